The molecular formula is C45H25BF24N2O3. The number of alkyl halides is 24. The normalized spacial score (nSPS) is 13.3. The molecule has 0 atom stereocenters. The molecule has 0 saturated carbocycles. The summed E-state index contributed by atoms with van der Waals surface area (Å²) in [7, 11) is 0. The number of nitrogens with zero attached hydrogens (tertiary/aromatic N) is 2. The quantitative estimate of drug-likeness (QED) is 0.0515. The number of carbonyl (C=O) groups is 1. The van der Waals surface area contributed by atoms with Crippen molar-refractivity contribution >= 4 is 33.8 Å². The standard InChI is InChI=1S/C32H12BF24.C13H13N2O3/c34-25(35,36)13-1-14(26(37,38)39)6-21(5-13)33(22-7-15(27(40,41)42)2-16(8-22)28(43,44)45,23-9-17(29(46,47)48)3-18(10-23)30(49,50)51)24-11-19(31(52,53)54)4-20(12-24)32(55,56)57;16-10-18-13-9-15(7-6-14-13)8-12(17)11-4-2-1-3-5-11/h1-12H;1-7,9,16H,8,10H2/q-1;+1. The molecule has 1 heterocycles. The van der Waals surface area contributed by atoms with Crippen LogP contribution in [0.3, 0.4) is 0 Å². The zero-order valence-corrected chi connectivity index (χ0v) is 36.3. The Labute approximate surface area is 403 Å². The largest absolute Gasteiger partial charge is 0.446 e. The summed E-state index contributed by atoms with van der Waals surface area (Å²) < 4.78 is 347. The maximum atomic E-state index is 14.2. The average Bonchev–Trinajstić information content (AvgIpc) is 3.27. The second-order valence-corrected chi connectivity index (χ2v) is 15.9. The summed E-state index contributed by atoms with van der Waals surface area (Å²) in [6.45, 7) is -0.238. The Morgan fingerprint density at radius 1 is 0.440 bits per heavy atom. The fraction of sp³-hybridized carbons (Fsp3) is 0.222. The third-order valence-corrected chi connectivity index (χ3v) is 10.8. The summed E-state index contributed by atoms with van der Waals surface area (Å²) in [5.74, 6) is 0.280. The molecule has 0 spiro atoms. The van der Waals surface area contributed by atoms with E-state index in [1.807, 2.05) is 18.2 Å². The summed E-state index contributed by atoms with van der Waals surface area (Å²) in [4.78, 5) is 15.8. The lowest BCUT2D eigenvalue weighted by atomic mass is 9.12. The van der Waals surface area contributed by atoms with Crippen molar-refractivity contribution in [3.05, 3.63) is 172 Å². The van der Waals surface area contributed by atoms with Crippen molar-refractivity contribution in [2.75, 3.05) is 6.79 Å². The third-order valence-electron chi connectivity index (χ3n) is 10.8. The van der Waals surface area contributed by atoms with E-state index in [-0.39, 0.29) is 18.2 Å². The highest BCUT2D eigenvalue weighted by Crippen LogP contribution is 2.41. The summed E-state index contributed by atoms with van der Waals surface area (Å²) in [5.41, 5.74) is -29.5. The zero-order chi connectivity index (χ0) is 56.7. The highest BCUT2D eigenvalue weighted by Gasteiger charge is 2.47. The van der Waals surface area contributed by atoms with Crippen LogP contribution in [0, 0.1) is 0 Å². The lowest BCUT2D eigenvalue weighted by molar-refractivity contribution is -0.684. The second-order valence-electron chi connectivity index (χ2n) is 15.9. The second kappa shape index (κ2) is 20.6. The van der Waals surface area contributed by atoms with Gasteiger partial charge in [-0.25, -0.2) is 4.98 Å². The predicted molar refractivity (Wildman–Crippen MR) is 213 cm³/mol. The molecule has 0 aliphatic carbocycles. The van der Waals surface area contributed by atoms with Gasteiger partial charge in [0.15, 0.2) is 13.0 Å². The van der Waals surface area contributed by atoms with Gasteiger partial charge in [-0.2, -0.15) is 132 Å². The van der Waals surface area contributed by atoms with Crippen LogP contribution in [0.1, 0.15) is 54.9 Å². The molecule has 6 rings (SSSR count). The average molecular weight is 1110 g/mol. The van der Waals surface area contributed by atoms with E-state index in [0.29, 0.717) is 5.56 Å². The Morgan fingerprint density at radius 3 is 0.947 bits per heavy atom. The molecule has 1 N–H and O–H groups in total. The number of Topliss-reactive ketones (excluding diaryl/α,β-unsaturated/α-hetero) is 1. The number of aromatic nitrogens is 2. The molecule has 5 nitrogen and oxygen atoms in total. The Morgan fingerprint density at radius 2 is 0.707 bits per heavy atom. The summed E-state index contributed by atoms with van der Waals surface area (Å²) >= 11 is 0. The summed E-state index contributed by atoms with van der Waals surface area (Å²) in [5, 5.41) is 8.63. The van der Waals surface area contributed by atoms with E-state index in [0.717, 1.165) is 0 Å². The van der Waals surface area contributed by atoms with Gasteiger partial charge in [0.05, 0.1) is 50.7 Å². The van der Waals surface area contributed by atoms with E-state index in [1.54, 1.807) is 29.1 Å². The Hall–Kier alpha value is -7.01. The number of benzene rings is 5. The van der Waals surface area contributed by atoms with Crippen LogP contribution in [0.4, 0.5) is 105 Å². The van der Waals surface area contributed by atoms with Gasteiger partial charge in [-0.05, 0) is 24.3 Å². The molecule has 0 saturated heterocycles. The third kappa shape index (κ3) is 14.0. The number of ether oxygens (including phenoxy) is 1. The molecule has 5 aromatic carbocycles. The monoisotopic (exact) mass is 1110 g/mol. The predicted octanol–water partition coefficient (Wildman–Crippen LogP) is 11.8. The molecule has 0 fully saturated rings. The van der Waals surface area contributed by atoms with Crippen molar-refractivity contribution in [2.24, 2.45) is 0 Å². The van der Waals surface area contributed by atoms with Gasteiger partial charge >= 0.3 is 49.4 Å². The van der Waals surface area contributed by atoms with Crippen LogP contribution >= 0.6 is 0 Å². The first-order valence-electron chi connectivity index (χ1n) is 20.1. The fourth-order valence-corrected chi connectivity index (χ4v) is 7.60. The van der Waals surface area contributed by atoms with Crippen LogP contribution in [0.15, 0.2) is 122 Å². The van der Waals surface area contributed by atoms with Crippen molar-refractivity contribution in [2.45, 2.75) is 56.0 Å². The molecule has 0 aliphatic rings. The number of hydrogen-bond donors (Lipinski definition) is 1. The van der Waals surface area contributed by atoms with Crippen LogP contribution in [0.2, 0.25) is 0 Å². The molecule has 404 valence electrons. The van der Waals surface area contributed by atoms with Gasteiger partial charge < -0.3 is 9.84 Å². The van der Waals surface area contributed by atoms with Gasteiger partial charge in [-0.15, -0.1) is 0 Å². The van der Waals surface area contributed by atoms with Crippen LogP contribution in [-0.2, 0) is 56.0 Å². The minimum atomic E-state index is -6.13. The van der Waals surface area contributed by atoms with Crippen LogP contribution < -0.4 is 31.2 Å². The van der Waals surface area contributed by atoms with E-state index in [1.165, 1.54) is 6.20 Å². The zero-order valence-electron chi connectivity index (χ0n) is 36.3. The first kappa shape index (κ1) is 58.9. The number of hydrogen-bond acceptors (Lipinski definition) is 4. The minimum absolute atomic E-state index is 0.00162. The Kier molecular flexibility index (Phi) is 16.2. The number of rotatable bonds is 9. The number of carbonyl (C=O) groups excluding carboxylic acids is 1. The summed E-state index contributed by atoms with van der Waals surface area (Å²) in [6, 6.07) is 0.249. The molecule has 0 aliphatic heterocycles. The highest BCUT2D eigenvalue weighted by molar-refractivity contribution is 7.20. The molecule has 1 aromatic heterocycles. The lowest BCUT2D eigenvalue weighted by Gasteiger charge is -2.46. The van der Waals surface area contributed by atoms with E-state index < -0.39 is 202 Å². The number of ketones is 1. The van der Waals surface area contributed by atoms with Gasteiger partial charge in [0, 0.05) is 5.56 Å². The van der Waals surface area contributed by atoms with Crippen LogP contribution in [0.25, 0.3) is 0 Å². The first-order valence-corrected chi connectivity index (χ1v) is 20.1. The minimum Gasteiger partial charge on any atom is -0.446 e. The SMILES string of the molecule is FC(F)(F)c1cc([B-](c2cc(C(F)(F)F)cc(C(F)(F)F)c2)(c2cc(C(F)(F)F)cc(C(F)(F)F)c2)c2cc(C(F)(F)F)cc(C(F)(F)F)c2)cc(C(F)(F)F)c1.O=C(C[n+]1ccnc(OCO)c1)c1ccccc1. The molecule has 75 heavy (non-hydrogen) atoms. The van der Waals surface area contributed by atoms with Crippen LogP contribution in [-0.4, -0.2) is 28.8 Å². The maximum absolute atomic E-state index is 14.2. The van der Waals surface area contributed by atoms with Gasteiger partial charge in [0.2, 0.25) is 18.5 Å². The van der Waals surface area contributed by atoms with E-state index >= 15 is 0 Å². The number of aliphatic hydroxyl groups is 1. The fourth-order valence-electron chi connectivity index (χ4n) is 7.60. The molecule has 30 heteroatoms. The van der Waals surface area contributed by atoms with E-state index in [9.17, 15) is 110 Å². The molecule has 6 aromatic rings. The van der Waals surface area contributed by atoms with E-state index in [4.69, 9.17) is 9.84 Å². The molecule has 0 bridgehead atoms. The maximum Gasteiger partial charge on any atom is 0.416 e. The smallest absolute Gasteiger partial charge is 0.416 e. The molecule has 0 unspecified atom stereocenters. The Bertz CT molecular complexity index is 2570. The molecule has 0 amide bonds. The van der Waals surface area contributed by atoms with Crippen molar-refractivity contribution in [1.82, 2.24) is 4.98 Å². The lowest BCUT2D eigenvalue weighted by Crippen LogP contribution is -2.75. The van der Waals surface area contributed by atoms with Gasteiger partial charge in [0.1, 0.15) is 6.15 Å². The van der Waals surface area contributed by atoms with Gasteiger partial charge in [-0.1, -0.05) is 78.9 Å². The van der Waals surface area contributed by atoms with Gasteiger partial charge in [-0.3, -0.25) is 4.79 Å². The number of halogens is 24. The van der Waals surface area contributed by atoms with E-state index in [2.05, 4.69) is 4.98 Å². The highest BCUT2D eigenvalue weighted by atomic mass is 19.4. The Balaban J connectivity index is 0.000000483. The topological polar surface area (TPSA) is 63.3 Å². The molecule has 0 radical (unpaired) electrons. The molecular weight excluding hydrogens is 1080 g/mol. The van der Waals surface area contributed by atoms with Crippen molar-refractivity contribution in [1.29, 1.82) is 0 Å². The van der Waals surface area contributed by atoms with Gasteiger partial charge in [0.25, 0.3) is 5.88 Å². The van der Waals surface area contributed by atoms with Crippen molar-refractivity contribution < 1.29 is 125 Å². The number of aliphatic hydroxyl groups excluding tert-OH is 1. The van der Waals surface area contributed by atoms with Crippen LogP contribution in [0.5, 0.6) is 5.88 Å². The first-order chi connectivity index (χ1) is 34.1. The summed E-state index contributed by atoms with van der Waals surface area (Å²) in [6.07, 6.45) is -50.1. The van der Waals surface area contributed by atoms with Crippen molar-refractivity contribution in [3.63, 3.8) is 0 Å². The van der Waals surface area contributed by atoms with Crippen molar-refractivity contribution in [3.8, 4) is 5.88 Å².